The number of hydrogen-bond acceptors (Lipinski definition) is 5. The van der Waals surface area contributed by atoms with Gasteiger partial charge in [0, 0.05) is 32.7 Å². The maximum atomic E-state index is 11.2. The van der Waals surface area contributed by atoms with E-state index in [1.165, 1.54) is 19.4 Å². The van der Waals surface area contributed by atoms with Crippen LogP contribution in [0.2, 0.25) is 0 Å². The van der Waals surface area contributed by atoms with Gasteiger partial charge in [-0.1, -0.05) is 6.07 Å². The lowest BCUT2D eigenvalue weighted by Crippen LogP contribution is -2.47. The van der Waals surface area contributed by atoms with Crippen LogP contribution in [0.25, 0.3) is 0 Å². The van der Waals surface area contributed by atoms with Crippen molar-refractivity contribution >= 4 is 17.1 Å². The van der Waals surface area contributed by atoms with Gasteiger partial charge in [0.05, 0.1) is 4.92 Å². The number of nitrogens with zero attached hydrogens (tertiary/aromatic N) is 3. The van der Waals surface area contributed by atoms with E-state index < -0.39 is 0 Å². The van der Waals surface area contributed by atoms with Crippen molar-refractivity contribution in [1.82, 2.24) is 4.90 Å². The number of rotatable bonds is 4. The van der Waals surface area contributed by atoms with Crippen molar-refractivity contribution in [3.8, 4) is 0 Å². The molecule has 0 aromatic heterocycles. The van der Waals surface area contributed by atoms with E-state index in [-0.39, 0.29) is 16.3 Å². The molecule has 6 heteroatoms. The van der Waals surface area contributed by atoms with E-state index in [9.17, 15) is 10.1 Å². The minimum absolute atomic E-state index is 0.0446. The van der Waals surface area contributed by atoms with Gasteiger partial charge in [0.2, 0.25) is 0 Å². The molecule has 0 spiro atoms. The van der Waals surface area contributed by atoms with E-state index in [4.69, 9.17) is 5.73 Å². The highest BCUT2D eigenvalue weighted by atomic mass is 16.6. The monoisotopic (exact) mass is 276 g/mol. The average Bonchev–Trinajstić information content (AvgIpc) is 3.23. The first-order chi connectivity index (χ1) is 9.65. The van der Waals surface area contributed by atoms with Crippen molar-refractivity contribution in [2.75, 3.05) is 43.4 Å². The second-order valence-electron chi connectivity index (χ2n) is 5.70. The maximum absolute atomic E-state index is 11.2. The second-order valence-corrected chi connectivity index (χ2v) is 5.70. The van der Waals surface area contributed by atoms with E-state index in [2.05, 4.69) is 9.80 Å². The molecule has 0 bridgehead atoms. The highest BCUT2D eigenvalue weighted by molar-refractivity contribution is 5.75. The van der Waals surface area contributed by atoms with Crippen LogP contribution in [-0.4, -0.2) is 42.5 Å². The molecule has 108 valence electrons. The van der Waals surface area contributed by atoms with Gasteiger partial charge in [0.15, 0.2) is 0 Å². The van der Waals surface area contributed by atoms with Crippen molar-refractivity contribution in [1.29, 1.82) is 0 Å². The number of nitro benzene ring substituents is 1. The van der Waals surface area contributed by atoms with E-state index in [0.717, 1.165) is 32.1 Å². The number of nitrogen functional groups attached to an aromatic ring is 1. The summed E-state index contributed by atoms with van der Waals surface area (Å²) < 4.78 is 0. The van der Waals surface area contributed by atoms with Gasteiger partial charge in [-0.3, -0.25) is 15.0 Å². The molecule has 1 aromatic rings. The maximum Gasteiger partial charge on any atom is 0.315 e. The van der Waals surface area contributed by atoms with Crippen molar-refractivity contribution in [2.45, 2.75) is 12.8 Å². The molecule has 0 amide bonds. The predicted molar refractivity (Wildman–Crippen MR) is 78.9 cm³/mol. The van der Waals surface area contributed by atoms with Crippen molar-refractivity contribution in [3.63, 3.8) is 0 Å². The first-order valence-electron chi connectivity index (χ1n) is 7.15. The number of piperazine rings is 1. The van der Waals surface area contributed by atoms with Crippen LogP contribution in [0, 0.1) is 16.0 Å². The van der Waals surface area contributed by atoms with Gasteiger partial charge in [-0.05, 0) is 30.9 Å². The molecule has 1 saturated carbocycles. The molecule has 1 saturated heterocycles. The number of para-hydroxylation sites is 1. The smallest absolute Gasteiger partial charge is 0.315 e. The van der Waals surface area contributed by atoms with E-state index >= 15 is 0 Å². The highest BCUT2D eigenvalue weighted by Gasteiger charge is 2.28. The number of benzene rings is 1. The van der Waals surface area contributed by atoms with Crippen LogP contribution in [-0.2, 0) is 0 Å². The van der Waals surface area contributed by atoms with E-state index in [1.807, 2.05) is 0 Å². The molecule has 2 fully saturated rings. The average molecular weight is 276 g/mol. The topological polar surface area (TPSA) is 75.6 Å². The molecule has 3 rings (SSSR count). The molecule has 1 aliphatic carbocycles. The Labute approximate surface area is 118 Å². The van der Waals surface area contributed by atoms with Crippen molar-refractivity contribution < 1.29 is 4.92 Å². The first-order valence-corrected chi connectivity index (χ1v) is 7.15. The Morgan fingerprint density at radius 3 is 2.55 bits per heavy atom. The largest absolute Gasteiger partial charge is 0.393 e. The van der Waals surface area contributed by atoms with Gasteiger partial charge in [0.1, 0.15) is 11.4 Å². The molecular weight excluding hydrogens is 256 g/mol. The predicted octanol–water partition coefficient (Wildman–Crippen LogP) is 1.71. The summed E-state index contributed by atoms with van der Waals surface area (Å²) in [7, 11) is 0. The first kappa shape index (κ1) is 13.2. The molecule has 0 unspecified atom stereocenters. The standard InChI is InChI=1S/C14H20N4O2/c15-12-2-1-3-13(14(12)18(19)20)17-8-6-16(7-9-17)10-11-4-5-11/h1-3,11H,4-10,15H2. The minimum atomic E-state index is -0.374. The van der Waals surface area contributed by atoms with Crippen LogP contribution >= 0.6 is 0 Å². The molecule has 2 aliphatic rings. The SMILES string of the molecule is Nc1cccc(N2CCN(CC3CC3)CC2)c1[N+](=O)[O-]. The fourth-order valence-electron chi connectivity index (χ4n) is 2.84. The normalized spacial score (nSPS) is 20.1. The molecule has 2 N–H and O–H groups in total. The van der Waals surface area contributed by atoms with E-state index in [0.29, 0.717) is 5.69 Å². The third kappa shape index (κ3) is 2.70. The summed E-state index contributed by atoms with van der Waals surface area (Å²) in [4.78, 5) is 15.4. The second kappa shape index (κ2) is 5.28. The lowest BCUT2D eigenvalue weighted by molar-refractivity contribution is -0.383. The zero-order valence-corrected chi connectivity index (χ0v) is 11.5. The third-order valence-corrected chi connectivity index (χ3v) is 4.15. The number of hydrogen-bond donors (Lipinski definition) is 1. The Balaban J connectivity index is 1.71. The number of anilines is 2. The summed E-state index contributed by atoms with van der Waals surface area (Å²) in [6.45, 7) is 4.80. The molecule has 6 nitrogen and oxygen atoms in total. The van der Waals surface area contributed by atoms with Crippen LogP contribution in [0.15, 0.2) is 18.2 Å². The van der Waals surface area contributed by atoms with Gasteiger partial charge in [-0.2, -0.15) is 0 Å². The van der Waals surface area contributed by atoms with Gasteiger partial charge >= 0.3 is 5.69 Å². The summed E-state index contributed by atoms with van der Waals surface area (Å²) in [6.07, 6.45) is 2.72. The molecule has 0 atom stereocenters. The van der Waals surface area contributed by atoms with Crippen LogP contribution in [0.1, 0.15) is 12.8 Å². The quantitative estimate of drug-likeness (QED) is 0.514. The summed E-state index contributed by atoms with van der Waals surface area (Å²) in [6, 6.07) is 5.17. The molecule has 0 radical (unpaired) electrons. The van der Waals surface area contributed by atoms with Gasteiger partial charge in [-0.25, -0.2) is 0 Å². The zero-order valence-electron chi connectivity index (χ0n) is 11.5. The number of nitro groups is 1. The molecular formula is C14H20N4O2. The van der Waals surface area contributed by atoms with Crippen molar-refractivity contribution in [2.24, 2.45) is 5.92 Å². The minimum Gasteiger partial charge on any atom is -0.393 e. The Morgan fingerprint density at radius 1 is 1.25 bits per heavy atom. The lowest BCUT2D eigenvalue weighted by Gasteiger charge is -2.35. The lowest BCUT2D eigenvalue weighted by atomic mass is 10.2. The van der Waals surface area contributed by atoms with Crippen LogP contribution < -0.4 is 10.6 Å². The Hall–Kier alpha value is -1.82. The molecule has 1 aromatic carbocycles. The summed E-state index contributed by atoms with van der Waals surface area (Å²) in [5, 5.41) is 11.2. The zero-order chi connectivity index (χ0) is 14.1. The molecule has 20 heavy (non-hydrogen) atoms. The van der Waals surface area contributed by atoms with Crippen LogP contribution in [0.3, 0.4) is 0 Å². The van der Waals surface area contributed by atoms with Crippen molar-refractivity contribution in [3.05, 3.63) is 28.3 Å². The van der Waals surface area contributed by atoms with Gasteiger partial charge in [-0.15, -0.1) is 0 Å². The Morgan fingerprint density at radius 2 is 1.95 bits per heavy atom. The molecule has 1 heterocycles. The Kier molecular flexibility index (Phi) is 3.48. The van der Waals surface area contributed by atoms with E-state index in [1.54, 1.807) is 18.2 Å². The summed E-state index contributed by atoms with van der Waals surface area (Å²) in [5.41, 5.74) is 6.69. The Bertz CT molecular complexity index is 508. The van der Waals surface area contributed by atoms with Gasteiger partial charge < -0.3 is 10.6 Å². The highest BCUT2D eigenvalue weighted by Crippen LogP contribution is 2.34. The van der Waals surface area contributed by atoms with Gasteiger partial charge in [0.25, 0.3) is 0 Å². The fourth-order valence-corrected chi connectivity index (χ4v) is 2.84. The third-order valence-electron chi connectivity index (χ3n) is 4.15. The molecule has 1 aliphatic heterocycles. The fraction of sp³-hybridized carbons (Fsp3) is 0.571. The van der Waals surface area contributed by atoms with Crippen LogP contribution in [0.4, 0.5) is 17.1 Å². The number of nitrogens with two attached hydrogens (primary N) is 1. The summed E-state index contributed by atoms with van der Waals surface area (Å²) >= 11 is 0. The van der Waals surface area contributed by atoms with Crippen LogP contribution in [0.5, 0.6) is 0 Å². The summed E-state index contributed by atoms with van der Waals surface area (Å²) in [5.74, 6) is 0.892.